The highest BCUT2D eigenvalue weighted by Gasteiger charge is 2.11. The molecule has 21 heavy (non-hydrogen) atoms. The van der Waals surface area contributed by atoms with Crippen molar-refractivity contribution >= 4 is 11.8 Å². The van der Waals surface area contributed by atoms with Crippen LogP contribution in [0.5, 0.6) is 0 Å². The highest BCUT2D eigenvalue weighted by Crippen LogP contribution is 2.12. The molecule has 0 saturated carbocycles. The normalized spacial score (nSPS) is 10.0. The van der Waals surface area contributed by atoms with E-state index >= 15 is 0 Å². The van der Waals surface area contributed by atoms with Gasteiger partial charge in [0.2, 0.25) is 5.91 Å². The smallest absolute Gasteiger partial charge is 0.269 e. The van der Waals surface area contributed by atoms with Crippen molar-refractivity contribution in [1.82, 2.24) is 10.9 Å². The predicted octanol–water partition coefficient (Wildman–Crippen LogP) is 2.31. The number of rotatable bonds is 3. The summed E-state index contributed by atoms with van der Waals surface area (Å²) in [4.78, 5) is 23.8. The van der Waals surface area contributed by atoms with Crippen LogP contribution in [-0.4, -0.2) is 11.8 Å². The Morgan fingerprint density at radius 1 is 0.905 bits per heavy atom. The summed E-state index contributed by atoms with van der Waals surface area (Å²) in [6, 6.07) is 14.9. The Balaban J connectivity index is 1.92. The van der Waals surface area contributed by atoms with Crippen LogP contribution in [0.2, 0.25) is 0 Å². The molecule has 0 saturated heterocycles. The average Bonchev–Trinajstić information content (AvgIpc) is 2.48. The van der Waals surface area contributed by atoms with Crippen LogP contribution in [0.4, 0.5) is 0 Å². The number of carbonyl (C=O) groups is 2. The van der Waals surface area contributed by atoms with E-state index in [4.69, 9.17) is 0 Å². The summed E-state index contributed by atoms with van der Waals surface area (Å²) < 4.78 is 0. The molecule has 0 aliphatic heterocycles. The Hall–Kier alpha value is -2.62. The van der Waals surface area contributed by atoms with E-state index in [-0.39, 0.29) is 18.2 Å². The molecule has 0 spiro atoms. The third-order valence-electron chi connectivity index (χ3n) is 3.37. The zero-order chi connectivity index (χ0) is 15.2. The van der Waals surface area contributed by atoms with E-state index in [9.17, 15) is 9.59 Å². The van der Waals surface area contributed by atoms with E-state index in [1.807, 2.05) is 56.3 Å². The topological polar surface area (TPSA) is 58.2 Å². The lowest BCUT2D eigenvalue weighted by Gasteiger charge is -2.10. The van der Waals surface area contributed by atoms with Crippen molar-refractivity contribution < 1.29 is 9.59 Å². The highest BCUT2D eigenvalue weighted by molar-refractivity contribution is 5.97. The Morgan fingerprint density at radius 3 is 2.33 bits per heavy atom. The van der Waals surface area contributed by atoms with Gasteiger partial charge < -0.3 is 0 Å². The third kappa shape index (κ3) is 3.92. The van der Waals surface area contributed by atoms with Gasteiger partial charge in [-0.05, 0) is 36.6 Å². The van der Waals surface area contributed by atoms with Gasteiger partial charge in [-0.1, -0.05) is 42.5 Å². The molecule has 0 fully saturated rings. The molecule has 4 nitrogen and oxygen atoms in total. The fourth-order valence-corrected chi connectivity index (χ4v) is 2.02. The van der Waals surface area contributed by atoms with Crippen molar-refractivity contribution in [3.05, 3.63) is 70.8 Å². The van der Waals surface area contributed by atoms with Crippen LogP contribution < -0.4 is 10.9 Å². The van der Waals surface area contributed by atoms with Crippen LogP contribution in [0, 0.1) is 13.8 Å². The molecule has 2 aromatic carbocycles. The number of hydrogen-bond donors (Lipinski definition) is 2. The summed E-state index contributed by atoms with van der Waals surface area (Å²) in [5, 5.41) is 0. The molecule has 0 aliphatic carbocycles. The fourth-order valence-electron chi connectivity index (χ4n) is 2.02. The molecule has 4 heteroatoms. The van der Waals surface area contributed by atoms with Gasteiger partial charge in [-0.15, -0.1) is 0 Å². The van der Waals surface area contributed by atoms with Crippen molar-refractivity contribution in [2.75, 3.05) is 0 Å². The second-order valence-electron chi connectivity index (χ2n) is 4.91. The van der Waals surface area contributed by atoms with Gasteiger partial charge in [0.05, 0.1) is 6.42 Å². The second-order valence-corrected chi connectivity index (χ2v) is 4.91. The summed E-state index contributed by atoms with van der Waals surface area (Å²) in [6.45, 7) is 3.83. The summed E-state index contributed by atoms with van der Waals surface area (Å²) in [6.07, 6.45) is 0.230. The molecular formula is C17H18N2O2. The number of nitrogens with one attached hydrogen (secondary N) is 2. The monoisotopic (exact) mass is 282 g/mol. The molecule has 2 rings (SSSR count). The molecule has 0 bridgehead atoms. The minimum absolute atomic E-state index is 0.230. The largest absolute Gasteiger partial charge is 0.273 e. The Kier molecular flexibility index (Phi) is 4.72. The molecular weight excluding hydrogens is 264 g/mol. The van der Waals surface area contributed by atoms with Crippen LogP contribution in [0.1, 0.15) is 27.0 Å². The molecule has 2 aromatic rings. The number of hydrazine groups is 1. The summed E-state index contributed by atoms with van der Waals surface area (Å²) >= 11 is 0. The maximum Gasteiger partial charge on any atom is 0.269 e. The van der Waals surface area contributed by atoms with Crippen LogP contribution in [0.3, 0.4) is 0 Å². The van der Waals surface area contributed by atoms with Gasteiger partial charge in [0.1, 0.15) is 0 Å². The van der Waals surface area contributed by atoms with Crippen molar-refractivity contribution in [3.8, 4) is 0 Å². The zero-order valence-corrected chi connectivity index (χ0v) is 12.1. The molecule has 0 unspecified atom stereocenters. The van der Waals surface area contributed by atoms with Crippen LogP contribution in [-0.2, 0) is 11.2 Å². The van der Waals surface area contributed by atoms with Crippen molar-refractivity contribution in [1.29, 1.82) is 0 Å². The van der Waals surface area contributed by atoms with Crippen molar-refractivity contribution in [2.24, 2.45) is 0 Å². The van der Waals surface area contributed by atoms with Crippen LogP contribution >= 0.6 is 0 Å². The van der Waals surface area contributed by atoms with E-state index in [2.05, 4.69) is 10.9 Å². The molecule has 0 radical (unpaired) electrons. The number of hydrogen-bond acceptors (Lipinski definition) is 2. The molecule has 0 aromatic heterocycles. The van der Waals surface area contributed by atoms with E-state index < -0.39 is 0 Å². The van der Waals surface area contributed by atoms with Gasteiger partial charge in [0.15, 0.2) is 0 Å². The van der Waals surface area contributed by atoms with Gasteiger partial charge in [-0.3, -0.25) is 20.4 Å². The maximum absolute atomic E-state index is 12.0. The van der Waals surface area contributed by atoms with Gasteiger partial charge >= 0.3 is 0 Å². The second kappa shape index (κ2) is 6.70. The molecule has 2 amide bonds. The van der Waals surface area contributed by atoms with Gasteiger partial charge in [-0.2, -0.15) is 0 Å². The van der Waals surface area contributed by atoms with Crippen molar-refractivity contribution in [3.63, 3.8) is 0 Å². The molecule has 2 N–H and O–H groups in total. The lowest BCUT2D eigenvalue weighted by molar-refractivity contribution is -0.121. The standard InChI is InChI=1S/C17H18N2O2/c1-12-7-6-10-15(13(12)2)17(21)19-18-16(20)11-14-8-4-3-5-9-14/h3-10H,11H2,1-2H3,(H,18,20)(H,19,21). The fraction of sp³-hybridized carbons (Fsp3) is 0.176. The minimum Gasteiger partial charge on any atom is -0.273 e. The molecule has 0 aliphatic rings. The highest BCUT2D eigenvalue weighted by atomic mass is 16.2. The lowest BCUT2D eigenvalue weighted by Crippen LogP contribution is -2.42. The first-order valence-corrected chi connectivity index (χ1v) is 6.77. The predicted molar refractivity (Wildman–Crippen MR) is 81.7 cm³/mol. The first-order valence-electron chi connectivity index (χ1n) is 6.77. The van der Waals surface area contributed by atoms with Crippen LogP contribution in [0.15, 0.2) is 48.5 Å². The van der Waals surface area contributed by atoms with Gasteiger partial charge in [0, 0.05) is 5.56 Å². The summed E-state index contributed by atoms with van der Waals surface area (Å²) in [5.74, 6) is -0.558. The first-order chi connectivity index (χ1) is 10.1. The summed E-state index contributed by atoms with van der Waals surface area (Å²) in [5.41, 5.74) is 8.30. The third-order valence-corrected chi connectivity index (χ3v) is 3.37. The van der Waals surface area contributed by atoms with E-state index in [0.29, 0.717) is 5.56 Å². The molecule has 108 valence electrons. The number of aryl methyl sites for hydroxylation is 1. The number of amides is 2. The average molecular weight is 282 g/mol. The lowest BCUT2D eigenvalue weighted by atomic mass is 10.0. The maximum atomic E-state index is 12.0. The minimum atomic E-state index is -0.308. The SMILES string of the molecule is Cc1cccc(C(=O)NNC(=O)Cc2ccccc2)c1C. The number of carbonyl (C=O) groups excluding carboxylic acids is 2. The molecule has 0 atom stereocenters. The zero-order valence-electron chi connectivity index (χ0n) is 12.1. The number of benzene rings is 2. The van der Waals surface area contributed by atoms with Gasteiger partial charge in [-0.25, -0.2) is 0 Å². The molecule has 0 heterocycles. The van der Waals surface area contributed by atoms with E-state index in [1.54, 1.807) is 6.07 Å². The Labute approximate surface area is 124 Å². The Morgan fingerprint density at radius 2 is 1.62 bits per heavy atom. The van der Waals surface area contributed by atoms with Gasteiger partial charge in [0.25, 0.3) is 5.91 Å². The van der Waals surface area contributed by atoms with E-state index in [0.717, 1.165) is 16.7 Å². The van der Waals surface area contributed by atoms with Crippen LogP contribution in [0.25, 0.3) is 0 Å². The van der Waals surface area contributed by atoms with Crippen molar-refractivity contribution in [2.45, 2.75) is 20.3 Å². The first kappa shape index (κ1) is 14.8. The van der Waals surface area contributed by atoms with E-state index in [1.165, 1.54) is 0 Å². The Bertz CT molecular complexity index is 651. The quantitative estimate of drug-likeness (QED) is 0.849. The summed E-state index contributed by atoms with van der Waals surface area (Å²) in [7, 11) is 0.